The Morgan fingerprint density at radius 2 is 1.74 bits per heavy atom. The predicted molar refractivity (Wildman–Crippen MR) is 66.1 cm³/mol. The molecule has 2 fully saturated rings. The minimum Gasteiger partial charge on any atom is -0.368 e. The van der Waals surface area contributed by atoms with Gasteiger partial charge in [-0.05, 0) is 25.7 Å². The Balaban J connectivity index is 0.00000162. The van der Waals surface area contributed by atoms with Crippen molar-refractivity contribution in [3.05, 3.63) is 0 Å². The second-order valence-corrected chi connectivity index (χ2v) is 4.64. The van der Waals surface area contributed by atoms with E-state index in [1.807, 2.05) is 0 Å². The van der Waals surface area contributed by atoms with Crippen LogP contribution in [0, 0.1) is 5.41 Å². The Morgan fingerprint density at radius 3 is 2.11 bits per heavy atom. The molecule has 2 aliphatic rings. The molecule has 0 bridgehead atoms. The van der Waals surface area contributed by atoms with Crippen molar-refractivity contribution in [1.29, 1.82) is 0 Å². The number of carbonyl (C=O) groups is 2. The van der Waals surface area contributed by atoms with E-state index in [0.717, 1.165) is 4.90 Å². The third-order valence-electron chi connectivity index (χ3n) is 3.54. The van der Waals surface area contributed by atoms with Crippen LogP contribution in [0.2, 0.25) is 0 Å². The molecule has 1 saturated heterocycles. The van der Waals surface area contributed by atoms with Crippen LogP contribution in [-0.2, 0) is 9.59 Å². The summed E-state index contributed by atoms with van der Waals surface area (Å²) < 4.78 is 38.3. The molecule has 2 rings (SSSR count). The zero-order valence-electron chi connectivity index (χ0n) is 9.90. The molecule has 19 heavy (non-hydrogen) atoms. The molecule has 0 spiro atoms. The van der Waals surface area contributed by atoms with Crippen LogP contribution >= 0.6 is 24.8 Å². The van der Waals surface area contributed by atoms with E-state index in [2.05, 4.69) is 0 Å². The van der Waals surface area contributed by atoms with Crippen LogP contribution < -0.4 is 5.73 Å². The average molecular weight is 323 g/mol. The van der Waals surface area contributed by atoms with E-state index < -0.39 is 29.4 Å². The SMILES string of the molecule is Cl.Cl.NC(=O)[C@@H]1CCCN1C(=O)C1(C(F)(F)F)CC1. The molecule has 0 aromatic heterocycles. The van der Waals surface area contributed by atoms with E-state index in [9.17, 15) is 22.8 Å². The molecule has 0 aromatic carbocycles. The fraction of sp³-hybridized carbons (Fsp3) is 0.800. The van der Waals surface area contributed by atoms with Crippen LogP contribution in [0.15, 0.2) is 0 Å². The number of alkyl halides is 3. The molecular weight excluding hydrogens is 308 g/mol. The third-order valence-corrected chi connectivity index (χ3v) is 3.54. The van der Waals surface area contributed by atoms with Gasteiger partial charge in [-0.1, -0.05) is 0 Å². The summed E-state index contributed by atoms with van der Waals surface area (Å²) in [5.74, 6) is -1.71. The van der Waals surface area contributed by atoms with Crippen LogP contribution in [0.4, 0.5) is 13.2 Å². The summed E-state index contributed by atoms with van der Waals surface area (Å²) in [6.45, 7) is 0.185. The molecule has 1 atom stereocenters. The Morgan fingerprint density at radius 1 is 1.21 bits per heavy atom. The number of amides is 2. The largest absolute Gasteiger partial charge is 0.403 e. The standard InChI is InChI=1S/C10H13F3N2O2.2ClH/c11-10(12,13)9(3-4-9)8(17)15-5-1-2-6(15)7(14)16;;/h6H,1-5H2,(H2,14,16);2*1H/t6-;;/m0../s1. The zero-order chi connectivity index (χ0) is 12.8. The lowest BCUT2D eigenvalue weighted by Gasteiger charge is -2.28. The van der Waals surface area contributed by atoms with E-state index in [0.29, 0.717) is 12.8 Å². The number of rotatable bonds is 2. The molecule has 0 unspecified atom stereocenters. The summed E-state index contributed by atoms with van der Waals surface area (Å²) in [5.41, 5.74) is 2.84. The normalized spacial score (nSPS) is 24.2. The second kappa shape index (κ2) is 5.75. The molecule has 0 aromatic rings. The number of hydrogen-bond acceptors (Lipinski definition) is 2. The number of hydrogen-bond donors (Lipinski definition) is 1. The monoisotopic (exact) mass is 322 g/mol. The average Bonchev–Trinajstić information content (AvgIpc) is 2.87. The number of nitrogens with two attached hydrogens (primary N) is 1. The van der Waals surface area contributed by atoms with E-state index >= 15 is 0 Å². The summed E-state index contributed by atoms with van der Waals surface area (Å²) >= 11 is 0. The fourth-order valence-electron chi connectivity index (χ4n) is 2.32. The van der Waals surface area contributed by atoms with Gasteiger partial charge in [0.25, 0.3) is 0 Å². The van der Waals surface area contributed by atoms with Crippen molar-refractivity contribution in [2.75, 3.05) is 6.54 Å². The van der Waals surface area contributed by atoms with Gasteiger partial charge in [0.2, 0.25) is 11.8 Å². The first kappa shape index (κ1) is 18.3. The summed E-state index contributed by atoms with van der Waals surface area (Å²) in [5, 5.41) is 0. The van der Waals surface area contributed by atoms with E-state index in [1.165, 1.54) is 0 Å². The molecule has 2 N–H and O–H groups in total. The van der Waals surface area contributed by atoms with Gasteiger partial charge in [-0.15, -0.1) is 24.8 Å². The molecular formula is C10H15Cl2F3N2O2. The lowest BCUT2D eigenvalue weighted by molar-refractivity contribution is -0.199. The summed E-state index contributed by atoms with van der Waals surface area (Å²) in [7, 11) is 0. The number of carbonyl (C=O) groups excluding carboxylic acids is 2. The molecule has 1 heterocycles. The van der Waals surface area contributed by atoms with Crippen molar-refractivity contribution < 1.29 is 22.8 Å². The van der Waals surface area contributed by atoms with E-state index in [4.69, 9.17) is 5.73 Å². The molecule has 1 aliphatic heterocycles. The summed E-state index contributed by atoms with van der Waals surface area (Å²) in [6.07, 6.45) is -4.02. The van der Waals surface area contributed by atoms with Crippen molar-refractivity contribution in [2.24, 2.45) is 11.1 Å². The van der Waals surface area contributed by atoms with Gasteiger partial charge in [-0.2, -0.15) is 13.2 Å². The van der Waals surface area contributed by atoms with Crippen molar-refractivity contribution >= 4 is 36.6 Å². The van der Waals surface area contributed by atoms with Gasteiger partial charge >= 0.3 is 6.18 Å². The Bertz CT molecular complexity index is 372. The van der Waals surface area contributed by atoms with Gasteiger partial charge < -0.3 is 10.6 Å². The maximum atomic E-state index is 12.8. The highest BCUT2D eigenvalue weighted by molar-refractivity contribution is 5.92. The quantitative estimate of drug-likeness (QED) is 0.840. The minimum atomic E-state index is -4.53. The van der Waals surface area contributed by atoms with Crippen LogP contribution in [-0.4, -0.2) is 35.5 Å². The zero-order valence-corrected chi connectivity index (χ0v) is 11.5. The molecule has 112 valence electrons. The molecule has 1 aliphatic carbocycles. The maximum Gasteiger partial charge on any atom is 0.403 e. The van der Waals surface area contributed by atoms with E-state index in [1.54, 1.807) is 0 Å². The highest BCUT2D eigenvalue weighted by Gasteiger charge is 2.70. The fourth-order valence-corrected chi connectivity index (χ4v) is 2.32. The molecule has 2 amide bonds. The van der Waals surface area contributed by atoms with Crippen molar-refractivity contribution in [3.63, 3.8) is 0 Å². The van der Waals surface area contributed by atoms with Crippen molar-refractivity contribution in [3.8, 4) is 0 Å². The first-order chi connectivity index (χ1) is 7.79. The number of nitrogens with zero attached hydrogens (tertiary/aromatic N) is 1. The van der Waals surface area contributed by atoms with Gasteiger partial charge in [0, 0.05) is 6.54 Å². The summed E-state index contributed by atoms with van der Waals surface area (Å²) in [4.78, 5) is 24.0. The van der Waals surface area contributed by atoms with Crippen LogP contribution in [0.3, 0.4) is 0 Å². The Labute approximate surface area is 120 Å². The molecule has 4 nitrogen and oxygen atoms in total. The predicted octanol–water partition coefficient (Wildman–Crippen LogP) is 1.65. The van der Waals surface area contributed by atoms with Crippen LogP contribution in [0.1, 0.15) is 25.7 Å². The highest BCUT2D eigenvalue weighted by atomic mass is 35.5. The minimum absolute atomic E-state index is 0. The Hall–Kier alpha value is -0.690. The summed E-state index contributed by atoms with van der Waals surface area (Å²) in [6, 6.07) is -0.873. The van der Waals surface area contributed by atoms with Gasteiger partial charge in [0.15, 0.2) is 0 Å². The molecule has 1 saturated carbocycles. The maximum absolute atomic E-state index is 12.8. The van der Waals surface area contributed by atoms with Gasteiger partial charge in [-0.25, -0.2) is 0 Å². The van der Waals surface area contributed by atoms with Crippen molar-refractivity contribution in [1.82, 2.24) is 4.90 Å². The topological polar surface area (TPSA) is 63.4 Å². The number of likely N-dealkylation sites (tertiary alicyclic amines) is 1. The van der Waals surface area contributed by atoms with Gasteiger partial charge in [0.1, 0.15) is 11.5 Å². The first-order valence-electron chi connectivity index (χ1n) is 5.47. The molecule has 0 radical (unpaired) electrons. The molecule has 9 heteroatoms. The van der Waals surface area contributed by atoms with Crippen LogP contribution in [0.25, 0.3) is 0 Å². The van der Waals surface area contributed by atoms with Crippen LogP contribution in [0.5, 0.6) is 0 Å². The lowest BCUT2D eigenvalue weighted by atomic mass is 10.0. The number of halogens is 5. The number of primary amides is 1. The lowest BCUT2D eigenvalue weighted by Crippen LogP contribution is -2.50. The van der Waals surface area contributed by atoms with E-state index in [-0.39, 0.29) is 44.2 Å². The third kappa shape index (κ3) is 2.91. The second-order valence-electron chi connectivity index (χ2n) is 4.64. The first-order valence-corrected chi connectivity index (χ1v) is 5.47. The smallest absolute Gasteiger partial charge is 0.368 e. The highest BCUT2D eigenvalue weighted by Crippen LogP contribution is 2.59. The van der Waals surface area contributed by atoms with Crippen molar-refractivity contribution in [2.45, 2.75) is 37.9 Å². The van der Waals surface area contributed by atoms with Gasteiger partial charge in [0.05, 0.1) is 0 Å². The van der Waals surface area contributed by atoms with Gasteiger partial charge in [-0.3, -0.25) is 9.59 Å². The Kier molecular flexibility index (Phi) is 5.54.